The Morgan fingerprint density at radius 2 is 0.846 bits per heavy atom. The first kappa shape index (κ1) is 38.1. The number of allylic oxidation sites excluding steroid dienone is 4. The van der Waals surface area contributed by atoms with Crippen LogP contribution in [0.3, 0.4) is 0 Å². The second-order valence-electron chi connectivity index (χ2n) is 16.7. The molecule has 0 unspecified atom stereocenters. The number of para-hydroxylation sites is 1. The summed E-state index contributed by atoms with van der Waals surface area (Å²) in [4.78, 5) is 4.85. The maximum absolute atomic E-state index is 6.80. The van der Waals surface area contributed by atoms with Crippen molar-refractivity contribution in [2.45, 2.75) is 0 Å². The van der Waals surface area contributed by atoms with Crippen molar-refractivity contribution < 1.29 is 10.8 Å². The monoisotopic (exact) mass is 830 g/mol. The van der Waals surface area contributed by atoms with Gasteiger partial charge in [0.15, 0.2) is 11.4 Å². The smallest absolute Gasteiger partial charge is 0.228 e. The molecule has 12 rings (SSSR count). The number of aromatic nitrogens is 1. The van der Waals surface area contributed by atoms with E-state index in [1.807, 2.05) is 29.8 Å². The van der Waals surface area contributed by atoms with Gasteiger partial charge in [0.2, 0.25) is 5.71 Å². The maximum Gasteiger partial charge on any atom is 0.228 e. The molecule has 0 fully saturated rings. The average molecular weight is 831 g/mol. The highest BCUT2D eigenvalue weighted by Gasteiger charge is 2.21. The average Bonchev–Trinajstić information content (AvgIpc) is 3.37. The third-order valence-corrected chi connectivity index (χ3v) is 12.9. The van der Waals surface area contributed by atoms with Crippen LogP contribution in [0.4, 0.5) is 5.69 Å². The van der Waals surface area contributed by atoms with Gasteiger partial charge in [0.1, 0.15) is 0 Å². The summed E-state index contributed by atoms with van der Waals surface area (Å²) in [7, 11) is 0. The Morgan fingerprint density at radius 3 is 1.42 bits per heavy atom. The lowest BCUT2D eigenvalue weighted by atomic mass is 9.84. The molecule has 0 saturated carbocycles. The fourth-order valence-electron chi connectivity index (χ4n) is 9.88. The zero-order valence-corrected chi connectivity index (χ0v) is 35.5. The summed E-state index contributed by atoms with van der Waals surface area (Å²) in [5, 5.41) is 22.5. The third kappa shape index (κ3) is 6.72. The van der Waals surface area contributed by atoms with Crippen LogP contribution in [0.25, 0.3) is 104 Å². The Balaban J connectivity index is 0.863. The minimum atomic E-state index is 0.627. The van der Waals surface area contributed by atoms with Crippen molar-refractivity contribution in [3.05, 3.63) is 236 Å². The Kier molecular flexibility index (Phi) is 9.36. The molecule has 11 aromatic rings. The van der Waals surface area contributed by atoms with Crippen molar-refractivity contribution in [3.8, 4) is 44.5 Å². The van der Waals surface area contributed by atoms with Crippen molar-refractivity contribution in [3.63, 3.8) is 0 Å². The van der Waals surface area contributed by atoms with Crippen molar-refractivity contribution in [1.82, 2.24) is 4.98 Å². The fourth-order valence-corrected chi connectivity index (χ4v) is 9.88. The van der Waals surface area contributed by atoms with Crippen LogP contribution in [0.1, 0.15) is 5.56 Å². The van der Waals surface area contributed by atoms with Crippen molar-refractivity contribution >= 4 is 76.7 Å². The molecule has 1 heterocycles. The third-order valence-electron chi connectivity index (χ3n) is 12.9. The number of pyridine rings is 1. The minimum absolute atomic E-state index is 0.627. The number of nitrogens with zero attached hydrogens (tertiary/aromatic N) is 2. The number of benzene rings is 10. The van der Waals surface area contributed by atoms with E-state index in [0.717, 1.165) is 44.6 Å². The van der Waals surface area contributed by atoms with Crippen molar-refractivity contribution in [2.24, 2.45) is 5.10 Å². The van der Waals surface area contributed by atoms with Crippen LogP contribution in [0.5, 0.6) is 0 Å². The van der Waals surface area contributed by atoms with Gasteiger partial charge < -0.3 is 0 Å². The zero-order valence-electron chi connectivity index (χ0n) is 35.5. The Hall–Kier alpha value is -8.57. The number of hydrogen-bond donors (Lipinski definition) is 2. The fraction of sp³-hybridized carbons (Fsp3) is 0. The van der Waals surface area contributed by atoms with Gasteiger partial charge in [-0.2, -0.15) is 5.43 Å². The van der Waals surface area contributed by atoms with Gasteiger partial charge in [0, 0.05) is 35.4 Å². The van der Waals surface area contributed by atoms with E-state index in [1.54, 1.807) is 0 Å². The number of quaternary nitrogens is 1. The van der Waals surface area contributed by atoms with Gasteiger partial charge in [-0.1, -0.05) is 175 Å². The van der Waals surface area contributed by atoms with E-state index in [2.05, 4.69) is 206 Å². The summed E-state index contributed by atoms with van der Waals surface area (Å²) in [6.07, 6.45) is 8.21. The summed E-state index contributed by atoms with van der Waals surface area (Å²) >= 11 is 0. The maximum atomic E-state index is 6.80. The van der Waals surface area contributed by atoms with Gasteiger partial charge in [-0.25, -0.2) is 0 Å². The van der Waals surface area contributed by atoms with Gasteiger partial charge in [0.25, 0.3) is 0 Å². The largest absolute Gasteiger partial charge is 0.256 e. The first-order valence-electron chi connectivity index (χ1n) is 22.1. The predicted octanol–water partition coefficient (Wildman–Crippen LogP) is 12.9. The van der Waals surface area contributed by atoms with Gasteiger partial charge in [0.05, 0.1) is 5.52 Å². The molecule has 4 nitrogen and oxygen atoms in total. The second kappa shape index (κ2) is 16.0. The normalized spacial score (nSPS) is 13.4. The lowest BCUT2D eigenvalue weighted by molar-refractivity contribution is -0.577. The number of nitrogens with two attached hydrogens (primary N) is 2. The molecular weight excluding hydrogens is 789 g/mol. The predicted molar refractivity (Wildman–Crippen MR) is 273 cm³/mol. The summed E-state index contributed by atoms with van der Waals surface area (Å²) in [6, 6.07) is 73.8. The minimum Gasteiger partial charge on any atom is -0.256 e. The quantitative estimate of drug-likeness (QED) is 0.0543. The van der Waals surface area contributed by atoms with E-state index in [-0.39, 0.29) is 0 Å². The standard InChI is InChI=1S/C61H40N4/c62-55-37-43(42-29-33-53-54(36-42)60(40-17-5-2-6-18-40)50-23-11-8-20-47(50)58(53)39-15-3-1-4-16-39)30-34-57(55)65-64-46-31-27-41(28-32-46)59-48-21-9-12-24-51(48)61(52-25-13-10-22-49(52)59)45-35-44-19-7-14-26-56(44)63-38-45/h1-38,62,64H/p+2. The molecule has 4 N–H and O–H groups in total. The van der Waals surface area contributed by atoms with Gasteiger partial charge in [-0.05, 0) is 130 Å². The molecule has 65 heavy (non-hydrogen) atoms. The van der Waals surface area contributed by atoms with Gasteiger partial charge >= 0.3 is 0 Å². The Morgan fingerprint density at radius 1 is 0.385 bits per heavy atom. The van der Waals surface area contributed by atoms with Gasteiger partial charge in [-0.15, -0.1) is 0 Å². The van der Waals surface area contributed by atoms with Gasteiger partial charge in [-0.3, -0.25) is 10.4 Å². The molecule has 0 amide bonds. The summed E-state index contributed by atoms with van der Waals surface area (Å²) in [5.74, 6) is 0. The lowest BCUT2D eigenvalue weighted by Gasteiger charge is -2.19. The van der Waals surface area contributed by atoms with E-state index >= 15 is 0 Å². The molecule has 0 saturated heterocycles. The van der Waals surface area contributed by atoms with E-state index in [1.165, 1.54) is 76.5 Å². The van der Waals surface area contributed by atoms with Crippen LogP contribution < -0.4 is 10.8 Å². The number of hydrogen-bond acceptors (Lipinski definition) is 2. The van der Waals surface area contributed by atoms with E-state index in [9.17, 15) is 0 Å². The second-order valence-corrected chi connectivity index (χ2v) is 16.7. The highest BCUT2D eigenvalue weighted by molar-refractivity contribution is 6.50. The van der Waals surface area contributed by atoms with E-state index in [0.29, 0.717) is 5.71 Å². The van der Waals surface area contributed by atoms with Crippen LogP contribution in [0.2, 0.25) is 0 Å². The van der Waals surface area contributed by atoms with Crippen molar-refractivity contribution in [1.29, 1.82) is 0 Å². The first-order valence-corrected chi connectivity index (χ1v) is 22.1. The summed E-state index contributed by atoms with van der Waals surface area (Å²) in [6.45, 7) is 0. The van der Waals surface area contributed by atoms with Crippen LogP contribution in [-0.2, 0) is 0 Å². The number of rotatable bonds is 7. The molecule has 0 aliphatic heterocycles. The lowest BCUT2D eigenvalue weighted by Crippen LogP contribution is -2.72. The number of fused-ring (bicyclic) bond motifs is 5. The van der Waals surface area contributed by atoms with Crippen LogP contribution in [0.15, 0.2) is 236 Å². The molecule has 10 aromatic carbocycles. The van der Waals surface area contributed by atoms with Crippen LogP contribution in [-0.4, -0.2) is 16.4 Å². The molecular formula is C61H42N4+2. The zero-order chi connectivity index (χ0) is 43.3. The molecule has 0 radical (unpaired) electrons. The summed E-state index contributed by atoms with van der Waals surface area (Å²) in [5.41, 5.74) is 16.9. The molecule has 0 spiro atoms. The topological polar surface area (TPSA) is 67.5 Å². The highest BCUT2D eigenvalue weighted by Crippen LogP contribution is 2.46. The highest BCUT2D eigenvalue weighted by atomic mass is 15.3. The van der Waals surface area contributed by atoms with Crippen LogP contribution in [0, 0.1) is 0 Å². The molecule has 304 valence electrons. The summed E-state index contributed by atoms with van der Waals surface area (Å²) < 4.78 is 0. The molecule has 4 heteroatoms. The Labute approximate surface area is 376 Å². The Bertz CT molecular complexity index is 3730. The molecule has 1 aliphatic carbocycles. The molecule has 1 aliphatic rings. The molecule has 1 aromatic heterocycles. The molecule has 0 bridgehead atoms. The van der Waals surface area contributed by atoms with Crippen LogP contribution >= 0.6 is 0 Å². The van der Waals surface area contributed by atoms with Crippen molar-refractivity contribution in [2.75, 3.05) is 0 Å². The molecule has 0 atom stereocenters. The first-order chi connectivity index (χ1) is 32.2. The van der Waals surface area contributed by atoms with E-state index in [4.69, 9.17) is 15.5 Å². The van der Waals surface area contributed by atoms with E-state index < -0.39 is 0 Å². The SMILES string of the molecule is [NH2+]=C1C=C(c2ccc3c(-c4ccccc4)c4ccccc4c(-c4ccccc4)c3c2)C=CC1=N[NH2+]c1ccc(-c2c3ccccc3c(-c3cnc4ccccc4c3)c3ccccc23)cc1.